The van der Waals surface area contributed by atoms with Crippen LogP contribution in [0.3, 0.4) is 0 Å². The van der Waals surface area contributed by atoms with E-state index in [4.69, 9.17) is 11.6 Å². The van der Waals surface area contributed by atoms with Gasteiger partial charge in [0.05, 0.1) is 11.5 Å². The summed E-state index contributed by atoms with van der Waals surface area (Å²) < 4.78 is 0.854. The molecule has 2 heterocycles. The van der Waals surface area contributed by atoms with Crippen LogP contribution in [-0.2, 0) is 4.79 Å². The number of aromatic nitrogens is 1. The number of aryl methyl sites for hydroxylation is 1. The highest BCUT2D eigenvalue weighted by molar-refractivity contribution is 14.1. The number of hydrogen-bond acceptors (Lipinski definition) is 3. The Morgan fingerprint density at radius 2 is 2.15 bits per heavy atom. The Morgan fingerprint density at radius 3 is 2.92 bits per heavy atom. The number of halogens is 2. The van der Waals surface area contributed by atoms with Gasteiger partial charge in [-0.1, -0.05) is 17.7 Å². The summed E-state index contributed by atoms with van der Waals surface area (Å²) in [4.78, 5) is 31.5. The van der Waals surface area contributed by atoms with Crippen molar-refractivity contribution >= 4 is 51.8 Å². The molecule has 0 radical (unpaired) electrons. The molecule has 0 spiro atoms. The molecule has 3 rings (SSSR count). The Labute approximate surface area is 171 Å². The van der Waals surface area contributed by atoms with E-state index in [0.717, 1.165) is 22.0 Å². The number of rotatable bonds is 3. The van der Waals surface area contributed by atoms with Gasteiger partial charge in [0.1, 0.15) is 5.82 Å². The number of amides is 2. The lowest BCUT2D eigenvalue weighted by Crippen LogP contribution is -2.44. The molecule has 1 fully saturated rings. The molecule has 1 aromatic carbocycles. The topological polar surface area (TPSA) is 62.3 Å². The first kappa shape index (κ1) is 19.1. The smallest absolute Gasteiger partial charge is 0.255 e. The van der Waals surface area contributed by atoms with Crippen molar-refractivity contribution in [1.29, 1.82) is 0 Å². The molecule has 0 saturated carbocycles. The fourth-order valence-electron chi connectivity index (χ4n) is 3.04. The van der Waals surface area contributed by atoms with Gasteiger partial charge in [-0.05, 0) is 72.2 Å². The van der Waals surface area contributed by atoms with E-state index < -0.39 is 0 Å². The van der Waals surface area contributed by atoms with Crippen LogP contribution in [0.25, 0.3) is 0 Å². The van der Waals surface area contributed by atoms with Gasteiger partial charge in [0.15, 0.2) is 0 Å². The van der Waals surface area contributed by atoms with Crippen LogP contribution < -0.4 is 5.32 Å². The summed E-state index contributed by atoms with van der Waals surface area (Å²) >= 11 is 8.17. The average molecular weight is 484 g/mol. The van der Waals surface area contributed by atoms with Crippen LogP contribution in [0.15, 0.2) is 36.5 Å². The predicted molar refractivity (Wildman–Crippen MR) is 110 cm³/mol. The molecule has 1 unspecified atom stereocenters. The summed E-state index contributed by atoms with van der Waals surface area (Å²) in [7, 11) is 0. The van der Waals surface area contributed by atoms with Gasteiger partial charge in [-0.15, -0.1) is 0 Å². The largest absolute Gasteiger partial charge is 0.338 e. The van der Waals surface area contributed by atoms with Crippen molar-refractivity contribution < 1.29 is 9.59 Å². The number of carbonyl (C=O) groups excluding carboxylic acids is 2. The quantitative estimate of drug-likeness (QED) is 0.668. The molecule has 0 aliphatic carbocycles. The molecule has 2 amide bonds. The van der Waals surface area contributed by atoms with Crippen LogP contribution in [-0.4, -0.2) is 34.8 Å². The maximum atomic E-state index is 12.9. The highest BCUT2D eigenvalue weighted by atomic mass is 127. The zero-order valence-electron chi connectivity index (χ0n) is 14.3. The predicted octanol–water partition coefficient (Wildman–Crippen LogP) is 4.14. The molecule has 1 aliphatic rings. The van der Waals surface area contributed by atoms with Crippen molar-refractivity contribution in [2.24, 2.45) is 5.92 Å². The second-order valence-electron chi connectivity index (χ2n) is 6.37. The Bertz CT molecular complexity index is 843. The summed E-state index contributed by atoms with van der Waals surface area (Å²) in [6, 6.07) is 9.02. The second kappa shape index (κ2) is 8.35. The maximum Gasteiger partial charge on any atom is 0.255 e. The molecule has 136 valence electrons. The van der Waals surface area contributed by atoms with E-state index in [1.165, 1.54) is 0 Å². The number of nitrogens with one attached hydrogen (secondary N) is 1. The van der Waals surface area contributed by atoms with Gasteiger partial charge in [0, 0.05) is 27.9 Å². The Hall–Kier alpha value is -1.67. The summed E-state index contributed by atoms with van der Waals surface area (Å²) in [5, 5.41) is 3.42. The van der Waals surface area contributed by atoms with Gasteiger partial charge in [0.25, 0.3) is 5.91 Å². The summed E-state index contributed by atoms with van der Waals surface area (Å²) in [5.74, 6) is 0.157. The van der Waals surface area contributed by atoms with Crippen molar-refractivity contribution in [3.05, 3.63) is 56.2 Å². The van der Waals surface area contributed by atoms with Crippen LogP contribution in [0.4, 0.5) is 5.82 Å². The van der Waals surface area contributed by atoms with Gasteiger partial charge in [-0.25, -0.2) is 4.98 Å². The fourth-order valence-corrected chi connectivity index (χ4v) is 3.78. The molecule has 1 aromatic heterocycles. The van der Waals surface area contributed by atoms with E-state index in [2.05, 4.69) is 32.9 Å². The number of carbonyl (C=O) groups is 2. The van der Waals surface area contributed by atoms with Crippen LogP contribution in [0, 0.1) is 16.4 Å². The molecule has 5 nitrogen and oxygen atoms in total. The SMILES string of the molecule is Cc1cccnc1NC(=O)C1CCCN(C(=O)c2cc(Cl)ccc2I)C1. The first-order chi connectivity index (χ1) is 12.5. The highest BCUT2D eigenvalue weighted by Gasteiger charge is 2.30. The van der Waals surface area contributed by atoms with E-state index >= 15 is 0 Å². The van der Waals surface area contributed by atoms with Crippen molar-refractivity contribution in [2.45, 2.75) is 19.8 Å². The molecule has 1 N–H and O–H groups in total. The molecule has 26 heavy (non-hydrogen) atoms. The lowest BCUT2D eigenvalue weighted by atomic mass is 9.96. The fraction of sp³-hybridized carbons (Fsp3) is 0.316. The van der Waals surface area contributed by atoms with E-state index in [0.29, 0.717) is 29.5 Å². The zero-order chi connectivity index (χ0) is 18.7. The van der Waals surface area contributed by atoms with Gasteiger partial charge in [-0.3, -0.25) is 9.59 Å². The third-order valence-corrected chi connectivity index (χ3v) is 5.67. The van der Waals surface area contributed by atoms with E-state index in [1.807, 2.05) is 25.1 Å². The molecular formula is C19H19ClIN3O2. The standard InChI is InChI=1S/C19H19ClIN3O2/c1-12-4-2-8-22-17(12)23-18(25)13-5-3-9-24(11-13)19(26)15-10-14(20)6-7-16(15)21/h2,4,6-8,10,13H,3,5,9,11H2,1H3,(H,22,23,25). The van der Waals surface area contributed by atoms with Crippen LogP contribution in [0.5, 0.6) is 0 Å². The molecule has 2 aromatic rings. The van der Waals surface area contributed by atoms with Crippen molar-refractivity contribution in [3.8, 4) is 0 Å². The number of benzene rings is 1. The summed E-state index contributed by atoms with van der Waals surface area (Å²) in [6.45, 7) is 2.95. The highest BCUT2D eigenvalue weighted by Crippen LogP contribution is 2.24. The van der Waals surface area contributed by atoms with Crippen LogP contribution >= 0.6 is 34.2 Å². The van der Waals surface area contributed by atoms with E-state index in [9.17, 15) is 9.59 Å². The third-order valence-electron chi connectivity index (χ3n) is 4.49. The zero-order valence-corrected chi connectivity index (χ0v) is 17.3. The summed E-state index contributed by atoms with van der Waals surface area (Å²) in [5.41, 5.74) is 1.50. The van der Waals surface area contributed by atoms with Gasteiger partial charge in [0.2, 0.25) is 5.91 Å². The number of nitrogens with zero attached hydrogens (tertiary/aromatic N) is 2. The van der Waals surface area contributed by atoms with Gasteiger partial charge >= 0.3 is 0 Å². The van der Waals surface area contributed by atoms with E-state index in [-0.39, 0.29) is 17.7 Å². The Morgan fingerprint density at radius 1 is 1.35 bits per heavy atom. The minimum Gasteiger partial charge on any atom is -0.338 e. The third kappa shape index (κ3) is 4.35. The van der Waals surface area contributed by atoms with Crippen molar-refractivity contribution in [2.75, 3.05) is 18.4 Å². The summed E-state index contributed by atoms with van der Waals surface area (Å²) in [6.07, 6.45) is 3.21. The number of hydrogen-bond donors (Lipinski definition) is 1. The number of anilines is 1. The maximum absolute atomic E-state index is 12.9. The Balaban J connectivity index is 1.71. The Kier molecular flexibility index (Phi) is 6.13. The number of likely N-dealkylation sites (tertiary alicyclic amines) is 1. The van der Waals surface area contributed by atoms with E-state index in [1.54, 1.807) is 23.2 Å². The monoisotopic (exact) mass is 483 g/mol. The molecule has 0 bridgehead atoms. The molecular weight excluding hydrogens is 465 g/mol. The number of pyridine rings is 1. The second-order valence-corrected chi connectivity index (χ2v) is 7.97. The normalized spacial score (nSPS) is 17.0. The molecule has 1 saturated heterocycles. The minimum atomic E-state index is -0.244. The number of piperidine rings is 1. The van der Waals surface area contributed by atoms with Crippen LogP contribution in [0.1, 0.15) is 28.8 Å². The van der Waals surface area contributed by atoms with Gasteiger partial charge in [-0.2, -0.15) is 0 Å². The van der Waals surface area contributed by atoms with Crippen molar-refractivity contribution in [1.82, 2.24) is 9.88 Å². The molecule has 1 aliphatic heterocycles. The first-order valence-corrected chi connectivity index (χ1v) is 9.88. The first-order valence-electron chi connectivity index (χ1n) is 8.42. The van der Waals surface area contributed by atoms with Gasteiger partial charge < -0.3 is 10.2 Å². The lowest BCUT2D eigenvalue weighted by Gasteiger charge is -2.32. The van der Waals surface area contributed by atoms with Crippen LogP contribution in [0.2, 0.25) is 5.02 Å². The molecule has 7 heteroatoms. The minimum absolute atomic E-state index is 0.0802. The average Bonchev–Trinajstić information content (AvgIpc) is 2.65. The lowest BCUT2D eigenvalue weighted by molar-refractivity contribution is -0.121. The van der Waals surface area contributed by atoms with Crippen molar-refractivity contribution in [3.63, 3.8) is 0 Å². The molecule has 1 atom stereocenters.